The third kappa shape index (κ3) is 5.18. The summed E-state index contributed by atoms with van der Waals surface area (Å²) < 4.78 is 11.4. The number of esters is 1. The summed E-state index contributed by atoms with van der Waals surface area (Å²) in [7, 11) is 1.29. The van der Waals surface area contributed by atoms with Crippen molar-refractivity contribution < 1.29 is 19.1 Å². The van der Waals surface area contributed by atoms with Gasteiger partial charge in [0, 0.05) is 29.7 Å². The van der Waals surface area contributed by atoms with Crippen LogP contribution in [0.1, 0.15) is 17.7 Å². The standard InChI is InChI=1S/C17H20N2O5S/c1-11-8-13(24-9-16(21)23-3)4-5-14(11)18-15(20)6-7-19-12(2)10-25-17(19)22/h4-5,8,10H,6-7,9H2,1-3H3,(H,18,20). The summed E-state index contributed by atoms with van der Waals surface area (Å²) in [4.78, 5) is 34.8. The van der Waals surface area contributed by atoms with Crippen LogP contribution < -0.4 is 14.9 Å². The van der Waals surface area contributed by atoms with Crippen LogP contribution in [0.15, 0.2) is 28.4 Å². The molecule has 0 unspecified atom stereocenters. The van der Waals surface area contributed by atoms with Gasteiger partial charge in [0.2, 0.25) is 5.91 Å². The Morgan fingerprint density at radius 2 is 2.04 bits per heavy atom. The lowest BCUT2D eigenvalue weighted by atomic mass is 10.2. The van der Waals surface area contributed by atoms with E-state index in [0.29, 0.717) is 18.0 Å². The molecule has 1 N–H and O–H groups in total. The molecule has 7 nitrogen and oxygen atoms in total. The Hall–Kier alpha value is -2.61. The summed E-state index contributed by atoms with van der Waals surface area (Å²) in [5.41, 5.74) is 2.32. The predicted octanol–water partition coefficient (Wildman–Crippen LogP) is 2.11. The van der Waals surface area contributed by atoms with Crippen LogP contribution in [0, 0.1) is 13.8 Å². The molecule has 0 saturated heterocycles. The molecule has 2 rings (SSSR count). The summed E-state index contributed by atoms with van der Waals surface area (Å²) >= 11 is 1.13. The van der Waals surface area contributed by atoms with Gasteiger partial charge < -0.3 is 19.4 Å². The lowest BCUT2D eigenvalue weighted by Crippen LogP contribution is -2.20. The van der Waals surface area contributed by atoms with Gasteiger partial charge in [0.25, 0.3) is 0 Å². The summed E-state index contributed by atoms with van der Waals surface area (Å²) in [6, 6.07) is 5.10. The zero-order chi connectivity index (χ0) is 18.4. The SMILES string of the molecule is COC(=O)COc1ccc(NC(=O)CCn2c(C)csc2=O)c(C)c1. The first-order valence-corrected chi connectivity index (χ1v) is 8.53. The number of aromatic nitrogens is 1. The molecular formula is C17H20N2O5S. The Bertz CT molecular complexity index is 825. The van der Waals surface area contributed by atoms with Crippen molar-refractivity contribution in [1.29, 1.82) is 0 Å². The molecule has 0 bridgehead atoms. The van der Waals surface area contributed by atoms with Crippen molar-refractivity contribution in [3.8, 4) is 5.75 Å². The second-order valence-corrected chi connectivity index (χ2v) is 6.25. The monoisotopic (exact) mass is 364 g/mol. The summed E-state index contributed by atoms with van der Waals surface area (Å²) in [6.45, 7) is 3.84. The third-order valence-electron chi connectivity index (χ3n) is 3.60. The van der Waals surface area contributed by atoms with Crippen LogP contribution in [-0.2, 0) is 20.9 Å². The number of thiazole rings is 1. The molecule has 0 saturated carbocycles. The van der Waals surface area contributed by atoms with Gasteiger partial charge in [-0.05, 0) is 37.6 Å². The van der Waals surface area contributed by atoms with Crippen LogP contribution in [0.25, 0.3) is 0 Å². The third-order valence-corrected chi connectivity index (χ3v) is 4.48. The average molecular weight is 364 g/mol. The van der Waals surface area contributed by atoms with Crippen LogP contribution >= 0.6 is 11.3 Å². The van der Waals surface area contributed by atoms with Gasteiger partial charge in [0.15, 0.2) is 6.61 Å². The van der Waals surface area contributed by atoms with Gasteiger partial charge in [-0.2, -0.15) is 0 Å². The second kappa shape index (κ2) is 8.48. The van der Waals surface area contributed by atoms with E-state index in [4.69, 9.17) is 4.74 Å². The molecule has 0 radical (unpaired) electrons. The van der Waals surface area contributed by atoms with E-state index in [0.717, 1.165) is 22.6 Å². The highest BCUT2D eigenvalue weighted by molar-refractivity contribution is 7.07. The van der Waals surface area contributed by atoms with Gasteiger partial charge in [-0.3, -0.25) is 9.59 Å². The zero-order valence-electron chi connectivity index (χ0n) is 14.3. The van der Waals surface area contributed by atoms with Crippen molar-refractivity contribution in [2.24, 2.45) is 0 Å². The van der Waals surface area contributed by atoms with Crippen molar-refractivity contribution in [1.82, 2.24) is 4.57 Å². The summed E-state index contributed by atoms with van der Waals surface area (Å²) in [5, 5.41) is 4.59. The fourth-order valence-corrected chi connectivity index (χ4v) is 2.93. The lowest BCUT2D eigenvalue weighted by molar-refractivity contribution is -0.142. The number of hydrogen-bond acceptors (Lipinski definition) is 6. The van der Waals surface area contributed by atoms with Crippen LogP contribution in [0.3, 0.4) is 0 Å². The smallest absolute Gasteiger partial charge is 0.343 e. The van der Waals surface area contributed by atoms with Crippen LogP contribution in [0.4, 0.5) is 5.69 Å². The highest BCUT2D eigenvalue weighted by atomic mass is 32.1. The van der Waals surface area contributed by atoms with Crippen LogP contribution in [0.2, 0.25) is 0 Å². The first-order chi connectivity index (χ1) is 11.9. The second-order valence-electron chi connectivity index (χ2n) is 5.43. The number of nitrogens with one attached hydrogen (secondary N) is 1. The molecule has 134 valence electrons. The van der Waals surface area contributed by atoms with Gasteiger partial charge in [-0.15, -0.1) is 0 Å². The number of nitrogens with zero attached hydrogens (tertiary/aromatic N) is 1. The molecule has 1 heterocycles. The van der Waals surface area contributed by atoms with Crippen molar-refractivity contribution in [3.05, 3.63) is 44.5 Å². The molecule has 1 aromatic carbocycles. The molecule has 2 aromatic rings. The zero-order valence-corrected chi connectivity index (χ0v) is 15.1. The van der Waals surface area contributed by atoms with Crippen LogP contribution in [-0.4, -0.2) is 30.2 Å². The number of aryl methyl sites for hydroxylation is 2. The lowest BCUT2D eigenvalue weighted by Gasteiger charge is -2.11. The van der Waals surface area contributed by atoms with Crippen molar-refractivity contribution >= 4 is 28.9 Å². The molecule has 1 amide bonds. The van der Waals surface area contributed by atoms with Gasteiger partial charge in [0.05, 0.1) is 7.11 Å². The van der Waals surface area contributed by atoms with E-state index in [1.807, 2.05) is 13.8 Å². The number of amides is 1. The van der Waals surface area contributed by atoms with E-state index in [1.165, 1.54) is 7.11 Å². The number of ether oxygens (including phenoxy) is 2. The van der Waals surface area contributed by atoms with Crippen molar-refractivity contribution in [2.45, 2.75) is 26.8 Å². The van der Waals surface area contributed by atoms with E-state index >= 15 is 0 Å². The number of hydrogen-bond donors (Lipinski definition) is 1. The maximum Gasteiger partial charge on any atom is 0.343 e. The minimum atomic E-state index is -0.464. The molecule has 0 aliphatic rings. The molecule has 0 aliphatic carbocycles. The highest BCUT2D eigenvalue weighted by Gasteiger charge is 2.09. The van der Waals surface area contributed by atoms with E-state index in [9.17, 15) is 14.4 Å². The Balaban J connectivity index is 1.92. The summed E-state index contributed by atoms with van der Waals surface area (Å²) in [6.07, 6.45) is 0.206. The van der Waals surface area contributed by atoms with Crippen molar-refractivity contribution in [3.63, 3.8) is 0 Å². The summed E-state index contributed by atoms with van der Waals surface area (Å²) in [5.74, 6) is -0.126. The Morgan fingerprint density at radius 1 is 1.28 bits per heavy atom. The molecule has 25 heavy (non-hydrogen) atoms. The van der Waals surface area contributed by atoms with Crippen LogP contribution in [0.5, 0.6) is 5.75 Å². The molecule has 0 aliphatic heterocycles. The number of carbonyl (C=O) groups excluding carboxylic acids is 2. The normalized spacial score (nSPS) is 10.4. The molecular weight excluding hydrogens is 344 g/mol. The Labute approximate surface area is 149 Å². The molecule has 1 aromatic heterocycles. The fourth-order valence-electron chi connectivity index (χ4n) is 2.17. The van der Waals surface area contributed by atoms with Crippen molar-refractivity contribution in [2.75, 3.05) is 19.0 Å². The highest BCUT2D eigenvalue weighted by Crippen LogP contribution is 2.21. The average Bonchev–Trinajstić information content (AvgIpc) is 2.91. The van der Waals surface area contributed by atoms with E-state index in [2.05, 4.69) is 10.1 Å². The topological polar surface area (TPSA) is 86.6 Å². The minimum Gasteiger partial charge on any atom is -0.482 e. The predicted molar refractivity (Wildman–Crippen MR) is 95.3 cm³/mol. The number of rotatable bonds is 7. The van der Waals surface area contributed by atoms with Gasteiger partial charge in [-0.1, -0.05) is 11.3 Å². The van der Waals surface area contributed by atoms with Gasteiger partial charge in [0.1, 0.15) is 5.75 Å². The maximum atomic E-state index is 12.1. The number of carbonyl (C=O) groups is 2. The molecule has 8 heteroatoms. The van der Waals surface area contributed by atoms with Gasteiger partial charge >= 0.3 is 10.8 Å². The largest absolute Gasteiger partial charge is 0.482 e. The fraction of sp³-hybridized carbons (Fsp3) is 0.353. The molecule has 0 spiro atoms. The van der Waals surface area contributed by atoms with Gasteiger partial charge in [-0.25, -0.2) is 4.79 Å². The van der Waals surface area contributed by atoms with E-state index in [1.54, 1.807) is 28.1 Å². The first-order valence-electron chi connectivity index (χ1n) is 7.65. The molecule has 0 atom stereocenters. The Kier molecular flexibility index (Phi) is 6.35. The first kappa shape index (κ1) is 18.7. The number of anilines is 1. The maximum absolute atomic E-state index is 12.1. The minimum absolute atomic E-state index is 0.0615. The molecule has 0 fully saturated rings. The van der Waals surface area contributed by atoms with E-state index in [-0.39, 0.29) is 23.8 Å². The number of methoxy groups -OCH3 is 1. The van der Waals surface area contributed by atoms with E-state index < -0.39 is 5.97 Å². The number of benzene rings is 1. The Morgan fingerprint density at radius 3 is 2.64 bits per heavy atom. The quantitative estimate of drug-likeness (QED) is 0.761.